The molecule has 0 bridgehead atoms. The Balaban J connectivity index is 2.68. The van der Waals surface area contributed by atoms with E-state index in [1.54, 1.807) is 18.2 Å². The number of nitrogens with zero attached hydrogens (tertiary/aromatic N) is 1. The molecule has 0 spiro atoms. The minimum Gasteiger partial charge on any atom is -0.463 e. The van der Waals surface area contributed by atoms with Crippen LogP contribution in [-0.2, 0) is 16.1 Å². The van der Waals surface area contributed by atoms with Gasteiger partial charge in [0, 0.05) is 10.9 Å². The van der Waals surface area contributed by atoms with Crippen LogP contribution in [0.3, 0.4) is 0 Å². The van der Waals surface area contributed by atoms with E-state index in [2.05, 4.69) is 4.98 Å². The van der Waals surface area contributed by atoms with Crippen LogP contribution in [0.15, 0.2) is 24.3 Å². The van der Waals surface area contributed by atoms with Crippen molar-refractivity contribution >= 4 is 34.9 Å². The summed E-state index contributed by atoms with van der Waals surface area (Å²) in [7, 11) is 0. The van der Waals surface area contributed by atoms with Gasteiger partial charge in [-0.15, -0.1) is 0 Å². The van der Waals surface area contributed by atoms with Crippen molar-refractivity contribution in [3.63, 3.8) is 0 Å². The average molecular weight is 265 g/mol. The summed E-state index contributed by atoms with van der Waals surface area (Å²) < 4.78 is 4.70. The molecular formula is C12H9ClN2O3. The minimum atomic E-state index is -0.663. The molecule has 5 nitrogen and oxygen atoms in total. The third-order valence-corrected chi connectivity index (χ3v) is 2.74. The molecule has 0 aliphatic heterocycles. The summed E-state index contributed by atoms with van der Waals surface area (Å²) >= 11 is 6.01. The van der Waals surface area contributed by atoms with E-state index in [1.807, 2.05) is 0 Å². The number of hydrogen-bond donors (Lipinski definition) is 1. The predicted octanol–water partition coefficient (Wildman–Crippen LogP) is 1.66. The van der Waals surface area contributed by atoms with Crippen molar-refractivity contribution in [2.75, 3.05) is 0 Å². The summed E-state index contributed by atoms with van der Waals surface area (Å²) in [4.78, 5) is 25.5. The summed E-state index contributed by atoms with van der Waals surface area (Å²) in [5, 5.41) is 1.12. The Bertz CT molecular complexity index is 628. The first kappa shape index (κ1) is 12.3. The fourth-order valence-electron chi connectivity index (χ4n) is 1.65. The first-order valence-corrected chi connectivity index (χ1v) is 5.44. The van der Waals surface area contributed by atoms with Crippen LogP contribution < -0.4 is 5.73 Å². The molecule has 1 aromatic heterocycles. The Morgan fingerprint density at radius 1 is 1.50 bits per heavy atom. The Labute approximate surface area is 108 Å². The van der Waals surface area contributed by atoms with Gasteiger partial charge in [-0.3, -0.25) is 9.59 Å². The molecule has 0 aliphatic carbocycles. The normalized spacial score (nSPS) is 10.3. The number of para-hydroxylation sites is 1. The molecule has 92 valence electrons. The van der Waals surface area contributed by atoms with Gasteiger partial charge in [0.2, 0.25) is 0 Å². The average Bonchev–Trinajstić information content (AvgIpc) is 2.36. The number of carbonyl (C=O) groups excluding carboxylic acids is 2. The van der Waals surface area contributed by atoms with Crippen LogP contribution in [0, 0.1) is 0 Å². The quantitative estimate of drug-likeness (QED) is 0.852. The lowest BCUT2D eigenvalue weighted by molar-refractivity contribution is -0.129. The highest BCUT2D eigenvalue weighted by Crippen LogP contribution is 2.25. The summed E-state index contributed by atoms with van der Waals surface area (Å²) in [6.45, 7) is 0.365. The zero-order chi connectivity index (χ0) is 13.1. The number of amides is 1. The van der Waals surface area contributed by atoms with Gasteiger partial charge in [0.15, 0.2) is 0 Å². The fraction of sp³-hybridized carbons (Fsp3) is 0.0833. The molecule has 0 aliphatic rings. The highest BCUT2D eigenvalue weighted by atomic mass is 35.5. The Morgan fingerprint density at radius 3 is 2.94 bits per heavy atom. The first-order valence-electron chi connectivity index (χ1n) is 5.06. The number of aromatic nitrogens is 1. The number of ether oxygens (including phenoxy) is 1. The molecule has 0 unspecified atom stereocenters. The maximum Gasteiger partial charge on any atom is 0.293 e. The Morgan fingerprint density at radius 2 is 2.28 bits per heavy atom. The molecule has 0 saturated carbocycles. The molecule has 1 aromatic carbocycles. The van der Waals surface area contributed by atoms with Gasteiger partial charge in [0.25, 0.3) is 12.4 Å². The highest BCUT2D eigenvalue weighted by molar-refractivity contribution is 6.35. The monoisotopic (exact) mass is 264 g/mol. The highest BCUT2D eigenvalue weighted by Gasteiger charge is 2.11. The zero-order valence-electron chi connectivity index (χ0n) is 9.22. The Hall–Kier alpha value is -2.14. The van der Waals surface area contributed by atoms with Gasteiger partial charge < -0.3 is 10.5 Å². The van der Waals surface area contributed by atoms with Crippen molar-refractivity contribution in [2.45, 2.75) is 6.61 Å². The lowest BCUT2D eigenvalue weighted by atomic mass is 10.1. The van der Waals surface area contributed by atoms with Crippen molar-refractivity contribution in [3.05, 3.63) is 40.5 Å². The fourth-order valence-corrected chi connectivity index (χ4v) is 1.87. The van der Waals surface area contributed by atoms with Crippen LogP contribution in [0.25, 0.3) is 10.9 Å². The molecular weight excluding hydrogens is 256 g/mol. The number of halogens is 1. The lowest BCUT2D eigenvalue weighted by Gasteiger charge is -2.08. The molecule has 0 saturated heterocycles. The second-order valence-electron chi connectivity index (χ2n) is 3.57. The number of primary amides is 1. The van der Waals surface area contributed by atoms with Gasteiger partial charge >= 0.3 is 0 Å². The SMILES string of the molecule is NC(=O)c1cc(COC=O)c2cccc(Cl)c2n1. The van der Waals surface area contributed by atoms with E-state index in [0.717, 1.165) is 0 Å². The van der Waals surface area contributed by atoms with Crippen LogP contribution in [0.2, 0.25) is 5.02 Å². The van der Waals surface area contributed by atoms with E-state index in [-0.39, 0.29) is 12.3 Å². The molecule has 1 amide bonds. The lowest BCUT2D eigenvalue weighted by Crippen LogP contribution is -2.14. The number of rotatable bonds is 4. The van der Waals surface area contributed by atoms with E-state index < -0.39 is 5.91 Å². The summed E-state index contributed by atoms with van der Waals surface area (Å²) in [6.07, 6.45) is 0. The van der Waals surface area contributed by atoms with Gasteiger partial charge in [-0.2, -0.15) is 0 Å². The van der Waals surface area contributed by atoms with Crippen LogP contribution in [0.5, 0.6) is 0 Å². The molecule has 2 aromatic rings. The number of benzene rings is 1. The van der Waals surface area contributed by atoms with Crippen LogP contribution in [0.1, 0.15) is 16.1 Å². The standard InChI is InChI=1S/C12H9ClN2O3/c13-9-3-1-2-8-7(5-18-6-16)4-10(12(14)17)15-11(8)9/h1-4,6H,5H2,(H2,14,17). The zero-order valence-corrected chi connectivity index (χ0v) is 9.98. The molecule has 1 heterocycles. The second kappa shape index (κ2) is 5.01. The predicted molar refractivity (Wildman–Crippen MR) is 66.1 cm³/mol. The van der Waals surface area contributed by atoms with Gasteiger partial charge in [-0.05, 0) is 12.1 Å². The number of nitrogens with two attached hydrogens (primary N) is 1. The summed E-state index contributed by atoms with van der Waals surface area (Å²) in [5.41, 5.74) is 6.37. The summed E-state index contributed by atoms with van der Waals surface area (Å²) in [5.74, 6) is -0.663. The van der Waals surface area contributed by atoms with Crippen molar-refractivity contribution in [1.29, 1.82) is 0 Å². The van der Waals surface area contributed by atoms with E-state index >= 15 is 0 Å². The van der Waals surface area contributed by atoms with Crippen LogP contribution in [-0.4, -0.2) is 17.4 Å². The molecule has 0 radical (unpaired) electrons. The van der Waals surface area contributed by atoms with Crippen molar-refractivity contribution in [2.24, 2.45) is 5.73 Å². The first-order chi connectivity index (χ1) is 8.63. The van der Waals surface area contributed by atoms with Crippen LogP contribution in [0.4, 0.5) is 0 Å². The molecule has 2 rings (SSSR count). The van der Waals surface area contributed by atoms with Gasteiger partial charge in [0.05, 0.1) is 10.5 Å². The number of pyridine rings is 1. The smallest absolute Gasteiger partial charge is 0.293 e. The third-order valence-electron chi connectivity index (χ3n) is 2.44. The molecule has 2 N–H and O–H groups in total. The van der Waals surface area contributed by atoms with Crippen LogP contribution >= 0.6 is 11.6 Å². The number of fused-ring (bicyclic) bond motifs is 1. The largest absolute Gasteiger partial charge is 0.463 e. The third kappa shape index (κ3) is 2.26. The molecule has 6 heteroatoms. The number of carbonyl (C=O) groups is 2. The molecule has 0 fully saturated rings. The van der Waals surface area contributed by atoms with Crippen molar-refractivity contribution < 1.29 is 14.3 Å². The maximum atomic E-state index is 11.2. The second-order valence-corrected chi connectivity index (χ2v) is 3.98. The number of hydrogen-bond acceptors (Lipinski definition) is 4. The van der Waals surface area contributed by atoms with Gasteiger partial charge in [0.1, 0.15) is 12.3 Å². The van der Waals surface area contributed by atoms with E-state index in [1.165, 1.54) is 6.07 Å². The van der Waals surface area contributed by atoms with Gasteiger partial charge in [-0.25, -0.2) is 4.98 Å². The Kier molecular flexibility index (Phi) is 3.43. The minimum absolute atomic E-state index is 0.0309. The van der Waals surface area contributed by atoms with Gasteiger partial charge in [-0.1, -0.05) is 23.7 Å². The molecule has 0 atom stereocenters. The molecule has 18 heavy (non-hydrogen) atoms. The topological polar surface area (TPSA) is 82.3 Å². The maximum absolute atomic E-state index is 11.2. The van der Waals surface area contributed by atoms with E-state index in [4.69, 9.17) is 22.1 Å². The van der Waals surface area contributed by atoms with Crippen molar-refractivity contribution in [3.8, 4) is 0 Å². The summed E-state index contributed by atoms with van der Waals surface area (Å²) in [6, 6.07) is 6.68. The van der Waals surface area contributed by atoms with E-state index in [9.17, 15) is 9.59 Å². The van der Waals surface area contributed by atoms with E-state index in [0.29, 0.717) is 28.0 Å². The van der Waals surface area contributed by atoms with Crippen molar-refractivity contribution in [1.82, 2.24) is 4.98 Å².